The van der Waals surface area contributed by atoms with Crippen molar-refractivity contribution in [2.45, 2.75) is 38.2 Å². The van der Waals surface area contributed by atoms with Crippen LogP contribution in [0.15, 0.2) is 37.1 Å². The molecule has 9 nitrogen and oxygen atoms in total. The fourth-order valence-electron chi connectivity index (χ4n) is 3.60. The molecule has 1 fully saturated rings. The van der Waals surface area contributed by atoms with Gasteiger partial charge in [0.1, 0.15) is 17.0 Å². The van der Waals surface area contributed by atoms with Gasteiger partial charge in [-0.3, -0.25) is 9.78 Å². The third-order valence-corrected chi connectivity index (χ3v) is 5.39. The van der Waals surface area contributed by atoms with Crippen molar-refractivity contribution in [3.63, 3.8) is 0 Å². The lowest BCUT2D eigenvalue weighted by atomic mass is 9.91. The summed E-state index contributed by atoms with van der Waals surface area (Å²) < 4.78 is 7.28. The summed E-state index contributed by atoms with van der Waals surface area (Å²) in [5, 5.41) is 13.0. The summed E-state index contributed by atoms with van der Waals surface area (Å²) in [5.74, 6) is 0.271. The largest absolute Gasteiger partial charge is 0.384 e. The minimum Gasteiger partial charge on any atom is -0.384 e. The minimum absolute atomic E-state index is 0.158. The molecule has 162 valence electrons. The molecule has 0 radical (unpaired) electrons. The van der Waals surface area contributed by atoms with E-state index in [2.05, 4.69) is 25.3 Å². The van der Waals surface area contributed by atoms with Crippen LogP contribution in [0.1, 0.15) is 54.4 Å². The zero-order valence-electron chi connectivity index (χ0n) is 17.9. The predicted octanol–water partition coefficient (Wildman–Crippen LogP) is 2.65. The molecule has 4 rings (SSSR count). The average Bonchev–Trinajstić information content (AvgIpc) is 3.19. The van der Waals surface area contributed by atoms with E-state index in [0.29, 0.717) is 36.1 Å². The molecule has 31 heavy (non-hydrogen) atoms. The highest BCUT2D eigenvalue weighted by molar-refractivity contribution is 6.04. The highest BCUT2D eigenvalue weighted by Crippen LogP contribution is 2.30. The van der Waals surface area contributed by atoms with Crippen molar-refractivity contribution in [1.29, 1.82) is 0 Å². The second-order valence-corrected chi connectivity index (χ2v) is 8.22. The zero-order chi connectivity index (χ0) is 22.0. The topological polar surface area (TPSA) is 115 Å². The van der Waals surface area contributed by atoms with Crippen LogP contribution in [0.2, 0.25) is 0 Å². The third-order valence-electron chi connectivity index (χ3n) is 5.39. The number of nitrogens with one attached hydrogen (secondary N) is 1. The Kier molecular flexibility index (Phi) is 5.79. The molecule has 0 saturated carbocycles. The van der Waals surface area contributed by atoms with Crippen molar-refractivity contribution < 1.29 is 14.6 Å². The van der Waals surface area contributed by atoms with Gasteiger partial charge in [0.2, 0.25) is 0 Å². The fourth-order valence-corrected chi connectivity index (χ4v) is 3.60. The van der Waals surface area contributed by atoms with Crippen LogP contribution >= 0.6 is 0 Å². The number of aryl methyl sites for hydroxylation is 1. The highest BCUT2D eigenvalue weighted by atomic mass is 16.5. The van der Waals surface area contributed by atoms with E-state index in [9.17, 15) is 9.90 Å². The second-order valence-electron chi connectivity index (χ2n) is 8.22. The first-order chi connectivity index (χ1) is 14.8. The molecule has 1 aliphatic rings. The van der Waals surface area contributed by atoms with Crippen LogP contribution in [0.25, 0.3) is 11.5 Å². The van der Waals surface area contributed by atoms with Crippen molar-refractivity contribution in [2.75, 3.05) is 18.5 Å². The summed E-state index contributed by atoms with van der Waals surface area (Å²) in [7, 11) is 1.85. The maximum atomic E-state index is 13.2. The Bertz CT molecular complexity index is 1070. The number of imidazole rings is 1. The van der Waals surface area contributed by atoms with Crippen LogP contribution in [0, 0.1) is 0 Å². The fraction of sp³-hybridized carbons (Fsp3) is 0.409. The zero-order valence-corrected chi connectivity index (χ0v) is 17.9. The molecule has 1 amide bonds. The summed E-state index contributed by atoms with van der Waals surface area (Å²) in [6.07, 6.45) is 8.25. The molecule has 0 spiro atoms. The molecule has 4 heterocycles. The van der Waals surface area contributed by atoms with E-state index in [4.69, 9.17) is 4.74 Å². The first-order valence-electron chi connectivity index (χ1n) is 10.2. The van der Waals surface area contributed by atoms with Gasteiger partial charge in [-0.15, -0.1) is 0 Å². The van der Waals surface area contributed by atoms with E-state index in [1.54, 1.807) is 44.7 Å². The maximum Gasteiger partial charge on any atom is 0.274 e. The van der Waals surface area contributed by atoms with Gasteiger partial charge in [-0.05, 0) is 44.7 Å². The molecular weight excluding hydrogens is 396 g/mol. The number of pyridine rings is 1. The molecule has 3 aromatic rings. The van der Waals surface area contributed by atoms with E-state index in [1.165, 1.54) is 6.20 Å². The number of carbonyl (C=O) groups is 1. The van der Waals surface area contributed by atoms with Crippen molar-refractivity contribution >= 4 is 11.6 Å². The SMILES string of the molecule is Cn1cncc1-c1ncc(C2CCOCC2)c(C(=O)Nc2ccc(C(C)(C)O)nc2)n1. The molecule has 1 saturated heterocycles. The lowest BCUT2D eigenvalue weighted by Crippen LogP contribution is -2.22. The first kappa shape index (κ1) is 21.1. The molecule has 0 aliphatic carbocycles. The van der Waals surface area contributed by atoms with Gasteiger partial charge >= 0.3 is 0 Å². The Morgan fingerprint density at radius 3 is 2.58 bits per heavy atom. The minimum atomic E-state index is -1.05. The standard InChI is InChI=1S/C22H26N6O3/c1-22(2,30)18-5-4-15(10-24-18)26-21(29)19-16(14-6-8-31-9-7-14)11-25-20(27-19)17-12-23-13-28(17)3/h4-5,10-14,30H,6-9H2,1-3H3,(H,26,29). The number of aromatic nitrogens is 5. The highest BCUT2D eigenvalue weighted by Gasteiger charge is 2.25. The number of hydrogen-bond acceptors (Lipinski definition) is 7. The van der Waals surface area contributed by atoms with Gasteiger partial charge in [-0.2, -0.15) is 0 Å². The maximum absolute atomic E-state index is 13.2. The summed E-state index contributed by atoms with van der Waals surface area (Å²) in [6.45, 7) is 4.62. The van der Waals surface area contributed by atoms with Crippen LogP contribution in [0.5, 0.6) is 0 Å². The van der Waals surface area contributed by atoms with Gasteiger partial charge in [0.25, 0.3) is 5.91 Å². The Morgan fingerprint density at radius 2 is 1.97 bits per heavy atom. The molecule has 0 atom stereocenters. The smallest absolute Gasteiger partial charge is 0.274 e. The van der Waals surface area contributed by atoms with Crippen LogP contribution in [0.4, 0.5) is 5.69 Å². The molecule has 9 heteroatoms. The van der Waals surface area contributed by atoms with Crippen molar-refractivity contribution in [3.05, 3.63) is 54.0 Å². The number of hydrogen-bond donors (Lipinski definition) is 2. The van der Waals surface area contributed by atoms with Crippen LogP contribution in [-0.2, 0) is 17.4 Å². The van der Waals surface area contributed by atoms with Crippen molar-refractivity contribution in [3.8, 4) is 11.5 Å². The van der Waals surface area contributed by atoms with Crippen molar-refractivity contribution in [2.24, 2.45) is 7.05 Å². The molecular formula is C22H26N6O3. The Labute approximate surface area is 180 Å². The van der Waals surface area contributed by atoms with Gasteiger partial charge in [0.05, 0.1) is 30.1 Å². The quantitative estimate of drug-likeness (QED) is 0.649. The summed E-state index contributed by atoms with van der Waals surface area (Å²) >= 11 is 0. The van der Waals surface area contributed by atoms with E-state index in [0.717, 1.165) is 24.1 Å². The summed E-state index contributed by atoms with van der Waals surface area (Å²) in [4.78, 5) is 30.7. The lowest BCUT2D eigenvalue weighted by molar-refractivity contribution is 0.0739. The Balaban J connectivity index is 1.66. The van der Waals surface area contributed by atoms with Gasteiger partial charge in [-0.25, -0.2) is 15.0 Å². The third kappa shape index (κ3) is 4.62. The average molecular weight is 422 g/mol. The lowest BCUT2D eigenvalue weighted by Gasteiger charge is -2.23. The van der Waals surface area contributed by atoms with Crippen LogP contribution < -0.4 is 5.32 Å². The number of aliphatic hydroxyl groups is 1. The first-order valence-corrected chi connectivity index (χ1v) is 10.2. The molecule has 1 aliphatic heterocycles. The normalized spacial score (nSPS) is 15.1. The second kappa shape index (κ2) is 8.52. The molecule has 0 bridgehead atoms. The number of nitrogens with zero attached hydrogens (tertiary/aromatic N) is 5. The van der Waals surface area contributed by atoms with Gasteiger partial charge in [-0.1, -0.05) is 0 Å². The molecule has 3 aromatic heterocycles. The number of carbonyl (C=O) groups excluding carboxylic acids is 1. The summed E-state index contributed by atoms with van der Waals surface area (Å²) in [6, 6.07) is 3.41. The molecule has 0 unspecified atom stereocenters. The Hall–Kier alpha value is -3.17. The van der Waals surface area contributed by atoms with Gasteiger partial charge in [0, 0.05) is 32.0 Å². The molecule has 0 aromatic carbocycles. The molecule has 2 N–H and O–H groups in total. The van der Waals surface area contributed by atoms with E-state index < -0.39 is 5.60 Å². The number of rotatable bonds is 5. The van der Waals surface area contributed by atoms with Gasteiger partial charge in [0.15, 0.2) is 5.82 Å². The van der Waals surface area contributed by atoms with E-state index in [-0.39, 0.29) is 11.8 Å². The number of ether oxygens (including phenoxy) is 1. The number of amides is 1. The van der Waals surface area contributed by atoms with E-state index >= 15 is 0 Å². The van der Waals surface area contributed by atoms with E-state index in [1.807, 2.05) is 11.6 Å². The van der Waals surface area contributed by atoms with Crippen LogP contribution in [0.3, 0.4) is 0 Å². The summed E-state index contributed by atoms with van der Waals surface area (Å²) in [5.41, 5.74) is 1.87. The monoisotopic (exact) mass is 422 g/mol. The Morgan fingerprint density at radius 1 is 1.19 bits per heavy atom. The number of anilines is 1. The van der Waals surface area contributed by atoms with Crippen LogP contribution in [-0.4, -0.2) is 48.7 Å². The predicted molar refractivity (Wildman–Crippen MR) is 114 cm³/mol. The van der Waals surface area contributed by atoms with Crippen molar-refractivity contribution in [1.82, 2.24) is 24.5 Å². The van der Waals surface area contributed by atoms with Gasteiger partial charge < -0.3 is 19.7 Å².